The number of para-hydroxylation sites is 1. The number of aromatic amines is 1. The third-order valence-corrected chi connectivity index (χ3v) is 3.72. The monoisotopic (exact) mass is 399 g/mol. The number of H-pyrrole nitrogens is 1. The van der Waals surface area contributed by atoms with E-state index >= 15 is 0 Å². The van der Waals surface area contributed by atoms with Crippen molar-refractivity contribution in [3.8, 4) is 0 Å². The summed E-state index contributed by atoms with van der Waals surface area (Å²) in [5, 5.41) is 12.5. The number of benzene rings is 1. The Morgan fingerprint density at radius 3 is 2.22 bits per heavy atom. The van der Waals surface area contributed by atoms with Crippen LogP contribution in [0, 0.1) is 0 Å². The predicted molar refractivity (Wildman–Crippen MR) is 74.9 cm³/mol. The molecule has 0 saturated carbocycles. The summed E-state index contributed by atoms with van der Waals surface area (Å²) >= 11 is 0. The molecule has 2 rings (SSSR count). The summed E-state index contributed by atoms with van der Waals surface area (Å²) in [5.41, 5.74) is 0.704. The average molecular weight is 399 g/mol. The van der Waals surface area contributed by atoms with Gasteiger partial charge in [0, 0.05) is 23.5 Å². The molecule has 1 atom stereocenters. The fraction of sp³-hybridized carbons (Fsp3) is 0.333. The third kappa shape index (κ3) is 3.69. The van der Waals surface area contributed by atoms with Gasteiger partial charge in [0.25, 0.3) is 5.91 Å². The lowest BCUT2D eigenvalue weighted by Crippen LogP contribution is -2.62. The summed E-state index contributed by atoms with van der Waals surface area (Å²) in [7, 11) is 0. The van der Waals surface area contributed by atoms with Crippen LogP contribution in [-0.2, 0) is 16.0 Å². The van der Waals surface area contributed by atoms with Crippen LogP contribution in [0.2, 0.25) is 0 Å². The summed E-state index contributed by atoms with van der Waals surface area (Å²) < 4.78 is 88.8. The standard InChI is InChI=1S/C15H11F7N2O3/c16-13(17,14(18,19)15(20,21)22)12(27)24-10(11(25)26)5-7-6-23-9-4-2-1-3-8(7)9/h1-4,6,10,23H,5H2,(H,24,27)(H,25,26)/p-1/t10-/m1/s1. The molecule has 12 heteroatoms. The van der Waals surface area contributed by atoms with Crippen LogP contribution in [0.15, 0.2) is 30.5 Å². The molecule has 27 heavy (non-hydrogen) atoms. The third-order valence-electron chi connectivity index (χ3n) is 3.72. The van der Waals surface area contributed by atoms with Crippen molar-refractivity contribution < 1.29 is 45.4 Å². The number of carbonyl (C=O) groups is 2. The lowest BCUT2D eigenvalue weighted by atomic mass is 10.0. The molecule has 0 fully saturated rings. The number of carboxylic acids is 1. The molecule has 148 valence electrons. The zero-order chi connectivity index (χ0) is 20.6. The lowest BCUT2D eigenvalue weighted by molar-refractivity contribution is -0.344. The van der Waals surface area contributed by atoms with E-state index < -0.39 is 42.4 Å². The number of hydrogen-bond acceptors (Lipinski definition) is 3. The van der Waals surface area contributed by atoms with Gasteiger partial charge in [-0.15, -0.1) is 0 Å². The molecule has 5 nitrogen and oxygen atoms in total. The molecular weight excluding hydrogens is 389 g/mol. The first-order valence-corrected chi connectivity index (χ1v) is 7.18. The number of carboxylic acid groups (broad SMARTS) is 1. The number of aliphatic carboxylic acids is 1. The topological polar surface area (TPSA) is 85.0 Å². The minimum Gasteiger partial charge on any atom is -0.548 e. The van der Waals surface area contributed by atoms with Gasteiger partial charge in [-0.1, -0.05) is 18.2 Å². The Labute approximate surface area is 146 Å². The summed E-state index contributed by atoms with van der Waals surface area (Å²) in [4.78, 5) is 25.1. The van der Waals surface area contributed by atoms with E-state index in [1.54, 1.807) is 18.2 Å². The van der Waals surface area contributed by atoms with E-state index in [9.17, 15) is 45.4 Å². The van der Waals surface area contributed by atoms with Crippen LogP contribution in [0.25, 0.3) is 10.9 Å². The van der Waals surface area contributed by atoms with E-state index in [1.165, 1.54) is 12.3 Å². The van der Waals surface area contributed by atoms with E-state index in [2.05, 4.69) is 4.98 Å². The first-order valence-electron chi connectivity index (χ1n) is 7.18. The zero-order valence-electron chi connectivity index (χ0n) is 13.0. The number of fused-ring (bicyclic) bond motifs is 1. The van der Waals surface area contributed by atoms with Crippen molar-refractivity contribution >= 4 is 22.8 Å². The molecule has 0 spiro atoms. The van der Waals surface area contributed by atoms with Crippen LogP contribution in [0.3, 0.4) is 0 Å². The Bertz CT molecular complexity index is 860. The highest BCUT2D eigenvalue weighted by molar-refractivity contribution is 5.89. The van der Waals surface area contributed by atoms with Gasteiger partial charge >= 0.3 is 18.0 Å². The summed E-state index contributed by atoms with van der Waals surface area (Å²) in [6.45, 7) is 0. The van der Waals surface area contributed by atoms with Gasteiger partial charge in [-0.25, -0.2) is 0 Å². The number of carbonyl (C=O) groups excluding carboxylic acids is 2. The van der Waals surface area contributed by atoms with Crippen molar-refractivity contribution in [2.45, 2.75) is 30.5 Å². The predicted octanol–water partition coefficient (Wildman–Crippen LogP) is 1.78. The Morgan fingerprint density at radius 1 is 1.07 bits per heavy atom. The second-order valence-corrected chi connectivity index (χ2v) is 5.56. The van der Waals surface area contributed by atoms with Crippen molar-refractivity contribution in [3.63, 3.8) is 0 Å². The molecule has 1 heterocycles. The van der Waals surface area contributed by atoms with Gasteiger partial charge in [0.15, 0.2) is 0 Å². The van der Waals surface area contributed by atoms with E-state index in [0.29, 0.717) is 10.9 Å². The van der Waals surface area contributed by atoms with E-state index in [1.807, 2.05) is 0 Å². The molecule has 0 aliphatic heterocycles. The Kier molecular flexibility index (Phi) is 5.12. The smallest absolute Gasteiger partial charge is 0.460 e. The van der Waals surface area contributed by atoms with E-state index in [-0.39, 0.29) is 5.56 Å². The van der Waals surface area contributed by atoms with Crippen molar-refractivity contribution in [1.29, 1.82) is 0 Å². The maximum Gasteiger partial charge on any atom is 0.460 e. The molecule has 1 aromatic heterocycles. The van der Waals surface area contributed by atoms with Gasteiger partial charge < -0.3 is 20.2 Å². The molecule has 0 aliphatic rings. The highest BCUT2D eigenvalue weighted by Crippen LogP contribution is 2.46. The fourth-order valence-electron chi connectivity index (χ4n) is 2.28. The summed E-state index contributed by atoms with van der Waals surface area (Å²) in [6.07, 6.45) is -6.14. The minimum atomic E-state index is -6.72. The average Bonchev–Trinajstić information content (AvgIpc) is 2.96. The first kappa shape index (κ1) is 20.5. The molecule has 1 amide bonds. The van der Waals surface area contributed by atoms with Crippen molar-refractivity contribution in [1.82, 2.24) is 10.3 Å². The van der Waals surface area contributed by atoms with Gasteiger partial charge in [-0.2, -0.15) is 30.7 Å². The van der Waals surface area contributed by atoms with E-state index in [0.717, 1.165) is 5.32 Å². The highest BCUT2D eigenvalue weighted by Gasteiger charge is 2.76. The van der Waals surface area contributed by atoms with Crippen LogP contribution in [0.4, 0.5) is 30.7 Å². The maximum absolute atomic E-state index is 13.3. The lowest BCUT2D eigenvalue weighted by Gasteiger charge is -2.29. The number of aromatic nitrogens is 1. The van der Waals surface area contributed by atoms with Crippen molar-refractivity contribution in [3.05, 3.63) is 36.0 Å². The van der Waals surface area contributed by atoms with Gasteiger partial charge in [0.05, 0.1) is 12.0 Å². The van der Waals surface area contributed by atoms with Gasteiger partial charge in [0.1, 0.15) is 0 Å². The molecule has 1 aromatic carbocycles. The maximum atomic E-state index is 13.3. The molecule has 0 aliphatic carbocycles. The number of alkyl halides is 7. The summed E-state index contributed by atoms with van der Waals surface area (Å²) in [6, 6.07) is 4.02. The minimum absolute atomic E-state index is 0.186. The van der Waals surface area contributed by atoms with Crippen molar-refractivity contribution in [2.24, 2.45) is 0 Å². The number of halogens is 7. The highest BCUT2D eigenvalue weighted by atomic mass is 19.4. The van der Waals surface area contributed by atoms with Crippen LogP contribution < -0.4 is 10.4 Å². The Balaban J connectivity index is 2.26. The first-order chi connectivity index (χ1) is 12.3. The van der Waals surface area contributed by atoms with Gasteiger partial charge in [-0.05, 0) is 11.6 Å². The van der Waals surface area contributed by atoms with Crippen LogP contribution in [0.1, 0.15) is 5.56 Å². The molecule has 0 saturated heterocycles. The number of rotatable bonds is 6. The quantitative estimate of drug-likeness (QED) is 0.727. The second-order valence-electron chi connectivity index (χ2n) is 5.56. The Hall–Kier alpha value is -2.79. The zero-order valence-corrected chi connectivity index (χ0v) is 13.0. The molecular formula is C15H10F7N2O3-. The van der Waals surface area contributed by atoms with Crippen LogP contribution in [-0.4, -0.2) is 40.9 Å². The largest absolute Gasteiger partial charge is 0.548 e. The van der Waals surface area contributed by atoms with E-state index in [4.69, 9.17) is 0 Å². The SMILES string of the molecule is O=C([O-])[C@@H](Cc1c[nH]c2ccccc12)NC(=O)C(F)(F)C(F)(F)C(F)(F)F. The molecule has 2 aromatic rings. The normalized spacial score (nSPS) is 14.2. The summed E-state index contributed by atoms with van der Waals surface area (Å²) in [5.74, 6) is -18.1. The van der Waals surface area contributed by atoms with Crippen LogP contribution >= 0.6 is 0 Å². The molecule has 0 radical (unpaired) electrons. The Morgan fingerprint density at radius 2 is 1.67 bits per heavy atom. The van der Waals surface area contributed by atoms with Gasteiger partial charge in [0.2, 0.25) is 0 Å². The fourth-order valence-corrected chi connectivity index (χ4v) is 2.28. The number of hydrogen-bond donors (Lipinski definition) is 2. The number of amides is 1. The van der Waals surface area contributed by atoms with Crippen molar-refractivity contribution in [2.75, 3.05) is 0 Å². The second kappa shape index (κ2) is 6.74. The molecule has 2 N–H and O–H groups in total. The molecule has 0 unspecified atom stereocenters. The van der Waals surface area contributed by atoms with Crippen LogP contribution in [0.5, 0.6) is 0 Å². The van der Waals surface area contributed by atoms with Gasteiger partial charge in [-0.3, -0.25) is 4.79 Å². The molecule has 0 bridgehead atoms. The number of nitrogens with one attached hydrogen (secondary N) is 2.